The van der Waals surface area contributed by atoms with Crippen LogP contribution in [0.3, 0.4) is 0 Å². The zero-order valence-electron chi connectivity index (χ0n) is 20.2. The Labute approximate surface area is 203 Å². The lowest BCUT2D eigenvalue weighted by molar-refractivity contribution is 0.0943. The number of para-hydroxylation sites is 1. The monoisotopic (exact) mass is 506 g/mol. The Morgan fingerprint density at radius 1 is 1.17 bits per heavy atom. The average molecular weight is 507 g/mol. The first-order valence-corrected chi connectivity index (χ1v) is 12.6. The fraction of sp³-hybridized carbons (Fsp3) is 0.375. The number of carbonyl (C=O) groups excluding carboxylic acids is 1. The summed E-state index contributed by atoms with van der Waals surface area (Å²) in [7, 11) is -3.37. The molecule has 35 heavy (non-hydrogen) atoms. The number of pyridine rings is 1. The van der Waals surface area contributed by atoms with Crippen LogP contribution >= 0.6 is 0 Å². The summed E-state index contributed by atoms with van der Waals surface area (Å²) in [6, 6.07) is 8.78. The maximum Gasteiger partial charge on any atom is 0.272 e. The fourth-order valence-corrected chi connectivity index (χ4v) is 4.07. The molecule has 2 aromatic heterocycles. The Morgan fingerprint density at radius 2 is 1.86 bits per heavy atom. The predicted octanol–water partition coefficient (Wildman–Crippen LogP) is 4.80. The normalized spacial score (nSPS) is 12.1. The summed E-state index contributed by atoms with van der Waals surface area (Å²) in [4.78, 5) is 17.2. The maximum atomic E-state index is 13.5. The predicted molar refractivity (Wildman–Crippen MR) is 127 cm³/mol. The molecule has 0 saturated carbocycles. The largest absolute Gasteiger partial charge is 0.438 e. The summed E-state index contributed by atoms with van der Waals surface area (Å²) in [5, 5.41) is 7.13. The van der Waals surface area contributed by atoms with Gasteiger partial charge in [-0.1, -0.05) is 19.1 Å². The summed E-state index contributed by atoms with van der Waals surface area (Å²) in [6.45, 7) is 8.77. The van der Waals surface area contributed by atoms with Crippen molar-refractivity contribution in [3.05, 3.63) is 65.1 Å². The van der Waals surface area contributed by atoms with E-state index in [2.05, 4.69) is 15.4 Å². The van der Waals surface area contributed by atoms with E-state index in [9.17, 15) is 22.0 Å². The van der Waals surface area contributed by atoms with Crippen LogP contribution in [0.2, 0.25) is 0 Å². The van der Waals surface area contributed by atoms with Crippen LogP contribution in [0.5, 0.6) is 11.6 Å². The number of hydrogen-bond donors (Lipinski definition) is 1. The van der Waals surface area contributed by atoms with Crippen molar-refractivity contribution in [2.75, 3.05) is 5.75 Å². The standard InChI is InChI=1S/C24H28F2N4O4S/c1-6-35(32,33)17-12-11-16(27-14-17)13-28-22(31)20-15(2)23(30(29-20)24(3,4)5)34-19-10-8-7-9-18(19)21(25)26/h7-12,14,21H,6,13H2,1-5H3,(H,28,31). The highest BCUT2D eigenvalue weighted by molar-refractivity contribution is 7.91. The number of nitrogens with one attached hydrogen (secondary N) is 1. The van der Waals surface area contributed by atoms with E-state index in [1.807, 2.05) is 20.8 Å². The number of ether oxygens (including phenoxy) is 1. The third-order valence-corrected chi connectivity index (χ3v) is 6.97. The molecule has 1 N–H and O–H groups in total. The van der Waals surface area contributed by atoms with Gasteiger partial charge in [0.25, 0.3) is 12.3 Å². The molecule has 2 heterocycles. The van der Waals surface area contributed by atoms with Crippen LogP contribution in [0, 0.1) is 6.92 Å². The molecule has 3 rings (SSSR count). The van der Waals surface area contributed by atoms with Crippen molar-refractivity contribution >= 4 is 15.7 Å². The molecule has 11 heteroatoms. The number of nitrogens with zero attached hydrogens (tertiary/aromatic N) is 3. The molecule has 0 aliphatic carbocycles. The van der Waals surface area contributed by atoms with Gasteiger partial charge in [-0.2, -0.15) is 5.10 Å². The molecule has 1 aromatic carbocycles. The molecule has 0 bridgehead atoms. The molecular formula is C24H28F2N4O4S. The van der Waals surface area contributed by atoms with Crippen molar-refractivity contribution in [2.24, 2.45) is 0 Å². The Kier molecular flexibility index (Phi) is 7.59. The van der Waals surface area contributed by atoms with Gasteiger partial charge in [0, 0.05) is 11.8 Å². The summed E-state index contributed by atoms with van der Waals surface area (Å²) in [6.07, 6.45) is -1.47. The summed E-state index contributed by atoms with van der Waals surface area (Å²) < 4.78 is 58.2. The molecule has 1 amide bonds. The summed E-state index contributed by atoms with van der Waals surface area (Å²) >= 11 is 0. The Balaban J connectivity index is 1.86. The van der Waals surface area contributed by atoms with Crippen molar-refractivity contribution in [2.45, 2.75) is 58.0 Å². The Bertz CT molecular complexity index is 1310. The molecule has 3 aromatic rings. The van der Waals surface area contributed by atoms with Gasteiger partial charge in [-0.15, -0.1) is 0 Å². The molecule has 0 aliphatic heterocycles. The highest BCUT2D eigenvalue weighted by Crippen LogP contribution is 2.36. The minimum absolute atomic E-state index is 0.0192. The van der Waals surface area contributed by atoms with Crippen LogP contribution in [0.25, 0.3) is 0 Å². The lowest BCUT2D eigenvalue weighted by Crippen LogP contribution is -2.27. The van der Waals surface area contributed by atoms with Gasteiger partial charge in [0.05, 0.1) is 34.0 Å². The van der Waals surface area contributed by atoms with Crippen molar-refractivity contribution in [3.8, 4) is 11.6 Å². The smallest absolute Gasteiger partial charge is 0.272 e. The van der Waals surface area contributed by atoms with Gasteiger partial charge in [-0.3, -0.25) is 9.78 Å². The summed E-state index contributed by atoms with van der Waals surface area (Å²) in [5.74, 6) is -0.381. The van der Waals surface area contributed by atoms with E-state index < -0.39 is 27.7 Å². The second-order valence-corrected chi connectivity index (χ2v) is 11.2. The lowest BCUT2D eigenvalue weighted by atomic mass is 10.1. The van der Waals surface area contributed by atoms with Gasteiger partial charge in [-0.25, -0.2) is 21.9 Å². The van der Waals surface area contributed by atoms with Crippen molar-refractivity contribution in [1.29, 1.82) is 0 Å². The number of benzene rings is 1. The van der Waals surface area contributed by atoms with E-state index in [1.165, 1.54) is 41.2 Å². The molecule has 0 aliphatic rings. The minimum atomic E-state index is -3.37. The number of carbonyl (C=O) groups is 1. The van der Waals surface area contributed by atoms with E-state index >= 15 is 0 Å². The van der Waals surface area contributed by atoms with Crippen LogP contribution < -0.4 is 10.1 Å². The highest BCUT2D eigenvalue weighted by Gasteiger charge is 2.28. The fourth-order valence-electron chi connectivity index (χ4n) is 3.25. The average Bonchev–Trinajstić information content (AvgIpc) is 3.14. The van der Waals surface area contributed by atoms with Gasteiger partial charge in [0.1, 0.15) is 5.75 Å². The van der Waals surface area contributed by atoms with E-state index in [1.54, 1.807) is 19.9 Å². The second kappa shape index (κ2) is 10.1. The topological polar surface area (TPSA) is 103 Å². The Morgan fingerprint density at radius 3 is 2.43 bits per heavy atom. The number of halogens is 2. The van der Waals surface area contributed by atoms with Crippen molar-refractivity contribution in [3.63, 3.8) is 0 Å². The molecule has 0 atom stereocenters. The number of rotatable bonds is 8. The first-order chi connectivity index (χ1) is 16.3. The van der Waals surface area contributed by atoms with E-state index in [0.717, 1.165) is 0 Å². The number of sulfone groups is 1. The number of aromatic nitrogens is 3. The zero-order chi connectivity index (χ0) is 26.0. The van der Waals surface area contributed by atoms with Crippen LogP contribution in [-0.2, 0) is 21.9 Å². The van der Waals surface area contributed by atoms with E-state index in [-0.39, 0.29) is 40.1 Å². The lowest BCUT2D eigenvalue weighted by Gasteiger charge is -2.22. The molecule has 0 fully saturated rings. The van der Waals surface area contributed by atoms with Crippen molar-refractivity contribution < 1.29 is 26.7 Å². The minimum Gasteiger partial charge on any atom is -0.438 e. The molecule has 0 saturated heterocycles. The maximum absolute atomic E-state index is 13.5. The molecule has 0 unspecified atom stereocenters. The summed E-state index contributed by atoms with van der Waals surface area (Å²) in [5.41, 5.74) is 0.0527. The van der Waals surface area contributed by atoms with Gasteiger partial charge >= 0.3 is 0 Å². The zero-order valence-corrected chi connectivity index (χ0v) is 21.0. The number of alkyl halides is 2. The third kappa shape index (κ3) is 5.84. The van der Waals surface area contributed by atoms with Crippen LogP contribution in [0.15, 0.2) is 47.5 Å². The van der Waals surface area contributed by atoms with Crippen LogP contribution in [-0.4, -0.2) is 34.8 Å². The second-order valence-electron chi connectivity index (χ2n) is 8.87. The Hall–Kier alpha value is -3.34. The molecule has 0 radical (unpaired) electrons. The van der Waals surface area contributed by atoms with Gasteiger partial charge < -0.3 is 10.1 Å². The molecular weight excluding hydrogens is 478 g/mol. The van der Waals surface area contributed by atoms with E-state index in [4.69, 9.17) is 4.74 Å². The number of amides is 1. The van der Waals surface area contributed by atoms with Gasteiger partial charge in [0.15, 0.2) is 15.5 Å². The van der Waals surface area contributed by atoms with Crippen molar-refractivity contribution in [1.82, 2.24) is 20.1 Å². The first kappa shape index (κ1) is 26.3. The third-order valence-electron chi connectivity index (χ3n) is 5.25. The van der Waals surface area contributed by atoms with E-state index in [0.29, 0.717) is 11.3 Å². The highest BCUT2D eigenvalue weighted by atomic mass is 32.2. The quantitative estimate of drug-likeness (QED) is 0.471. The van der Waals surface area contributed by atoms with Crippen LogP contribution in [0.4, 0.5) is 8.78 Å². The van der Waals surface area contributed by atoms with Gasteiger partial charge in [-0.05, 0) is 52.0 Å². The molecule has 188 valence electrons. The van der Waals surface area contributed by atoms with Crippen LogP contribution in [0.1, 0.15) is 61.4 Å². The molecule has 8 nitrogen and oxygen atoms in total. The SMILES string of the molecule is CCS(=O)(=O)c1ccc(CNC(=O)c2nn(C(C)(C)C)c(Oc3ccccc3C(F)F)c2C)nc1. The first-order valence-electron chi connectivity index (χ1n) is 11.0. The van der Waals surface area contributed by atoms with Gasteiger partial charge in [0.2, 0.25) is 5.88 Å². The number of hydrogen-bond acceptors (Lipinski definition) is 6. The molecule has 0 spiro atoms.